The monoisotopic (exact) mass is 434 g/mol. The zero-order valence-electron chi connectivity index (χ0n) is 16.9. The number of anilines is 1. The average molecular weight is 435 g/mol. The van der Waals surface area contributed by atoms with Gasteiger partial charge in [-0.15, -0.1) is 0 Å². The summed E-state index contributed by atoms with van der Waals surface area (Å²) in [7, 11) is 0. The highest BCUT2D eigenvalue weighted by molar-refractivity contribution is 6.30. The van der Waals surface area contributed by atoms with E-state index in [1.165, 1.54) is 0 Å². The highest BCUT2D eigenvalue weighted by Crippen LogP contribution is 2.24. The molecule has 3 aromatic carbocycles. The second-order valence-corrected chi connectivity index (χ2v) is 7.88. The van der Waals surface area contributed by atoms with Crippen molar-refractivity contribution >= 4 is 29.1 Å². The largest absolute Gasteiger partial charge is 0.368 e. The second-order valence-electron chi connectivity index (χ2n) is 7.44. The molecule has 0 radical (unpaired) electrons. The fourth-order valence-corrected chi connectivity index (χ4v) is 3.75. The van der Waals surface area contributed by atoms with Crippen molar-refractivity contribution in [3.63, 3.8) is 0 Å². The number of rotatable bonds is 6. The molecule has 1 aliphatic heterocycles. The summed E-state index contributed by atoms with van der Waals surface area (Å²) in [5.74, 6) is -0.421. The summed E-state index contributed by atoms with van der Waals surface area (Å²) in [6, 6.07) is 23.7. The molecular formula is C25H23ClN2O3. The van der Waals surface area contributed by atoms with Crippen LogP contribution in [0.5, 0.6) is 0 Å². The van der Waals surface area contributed by atoms with Crippen LogP contribution in [0.25, 0.3) is 0 Å². The third kappa shape index (κ3) is 5.32. The number of hydrogen-bond acceptors (Lipinski definition) is 3. The molecule has 158 valence electrons. The van der Waals surface area contributed by atoms with Crippen molar-refractivity contribution in [2.24, 2.45) is 0 Å². The molecule has 1 fully saturated rings. The fraction of sp³-hybridized carbons (Fsp3) is 0.200. The summed E-state index contributed by atoms with van der Waals surface area (Å²) < 4.78 is 5.42. The second kappa shape index (κ2) is 9.77. The molecule has 1 heterocycles. The molecule has 6 heteroatoms. The molecule has 0 aliphatic carbocycles. The van der Waals surface area contributed by atoms with E-state index in [-0.39, 0.29) is 17.9 Å². The third-order valence-electron chi connectivity index (χ3n) is 5.23. The smallest absolute Gasteiger partial charge is 0.253 e. The molecule has 0 spiro atoms. The number of amides is 2. The van der Waals surface area contributed by atoms with Crippen LogP contribution in [0.15, 0.2) is 78.9 Å². The lowest BCUT2D eigenvalue weighted by molar-refractivity contribution is -0.124. The summed E-state index contributed by atoms with van der Waals surface area (Å²) in [5.41, 5.74) is 2.91. The molecule has 5 nitrogen and oxygen atoms in total. The summed E-state index contributed by atoms with van der Waals surface area (Å²) in [6.45, 7) is 0.603. The van der Waals surface area contributed by atoms with Gasteiger partial charge >= 0.3 is 0 Å². The molecular weight excluding hydrogens is 412 g/mol. The number of halogens is 1. The quantitative estimate of drug-likeness (QED) is 0.575. The van der Waals surface area contributed by atoms with Crippen LogP contribution in [0.3, 0.4) is 0 Å². The standard InChI is InChI=1S/C25H23ClN2O3/c26-20-13-11-18(12-14-20)23(17-6-2-1-3-7-17)28-24(29)19-8-4-9-21(16-19)27-25(30)22-10-5-15-31-22/h1-4,6-9,11-14,16,22-23H,5,10,15H2,(H,27,30)(H,28,29)/t22-,23+/m1/s1. The Labute approximate surface area is 186 Å². The lowest BCUT2D eigenvalue weighted by Crippen LogP contribution is -2.30. The molecule has 1 saturated heterocycles. The van der Waals surface area contributed by atoms with Crippen molar-refractivity contribution in [3.05, 3.63) is 101 Å². The maximum absolute atomic E-state index is 13.1. The van der Waals surface area contributed by atoms with E-state index in [1.54, 1.807) is 36.4 Å². The van der Waals surface area contributed by atoms with E-state index in [2.05, 4.69) is 10.6 Å². The summed E-state index contributed by atoms with van der Waals surface area (Å²) in [5, 5.41) is 6.58. The minimum Gasteiger partial charge on any atom is -0.368 e. The van der Waals surface area contributed by atoms with Gasteiger partial charge in [0, 0.05) is 22.9 Å². The number of ether oxygens (including phenoxy) is 1. The van der Waals surface area contributed by atoms with Crippen LogP contribution in [0.1, 0.15) is 40.4 Å². The molecule has 0 bridgehead atoms. The van der Waals surface area contributed by atoms with Gasteiger partial charge in [0.25, 0.3) is 11.8 Å². The Kier molecular flexibility index (Phi) is 6.65. The predicted molar refractivity (Wildman–Crippen MR) is 121 cm³/mol. The van der Waals surface area contributed by atoms with Gasteiger partial charge in [-0.25, -0.2) is 0 Å². The highest BCUT2D eigenvalue weighted by Gasteiger charge is 2.24. The number of carbonyl (C=O) groups is 2. The maximum Gasteiger partial charge on any atom is 0.253 e. The predicted octanol–water partition coefficient (Wildman–Crippen LogP) is 4.98. The van der Waals surface area contributed by atoms with Crippen LogP contribution in [-0.2, 0) is 9.53 Å². The highest BCUT2D eigenvalue weighted by atomic mass is 35.5. The van der Waals surface area contributed by atoms with Crippen molar-refractivity contribution in [2.75, 3.05) is 11.9 Å². The van der Waals surface area contributed by atoms with Gasteiger partial charge < -0.3 is 15.4 Å². The van der Waals surface area contributed by atoms with Gasteiger partial charge in [-0.05, 0) is 54.3 Å². The summed E-state index contributed by atoms with van der Waals surface area (Å²) in [6.07, 6.45) is 1.17. The number of benzene rings is 3. The normalized spacial score (nSPS) is 16.5. The molecule has 0 saturated carbocycles. The van der Waals surface area contributed by atoms with E-state index in [0.29, 0.717) is 29.3 Å². The minimum atomic E-state index is -0.426. The number of nitrogens with one attached hydrogen (secondary N) is 2. The summed E-state index contributed by atoms with van der Waals surface area (Å²) >= 11 is 6.04. The van der Waals surface area contributed by atoms with E-state index in [0.717, 1.165) is 17.5 Å². The van der Waals surface area contributed by atoms with E-state index < -0.39 is 6.10 Å². The first-order valence-electron chi connectivity index (χ1n) is 10.2. The van der Waals surface area contributed by atoms with E-state index in [1.807, 2.05) is 42.5 Å². The molecule has 4 rings (SSSR count). The van der Waals surface area contributed by atoms with Gasteiger partial charge in [0.05, 0.1) is 6.04 Å². The topological polar surface area (TPSA) is 67.4 Å². The first-order valence-corrected chi connectivity index (χ1v) is 10.6. The molecule has 2 N–H and O–H groups in total. The Morgan fingerprint density at radius 2 is 1.68 bits per heavy atom. The van der Waals surface area contributed by atoms with E-state index in [9.17, 15) is 9.59 Å². The minimum absolute atomic E-state index is 0.182. The van der Waals surface area contributed by atoms with Gasteiger partial charge in [0.1, 0.15) is 6.10 Å². The first-order chi connectivity index (χ1) is 15.1. The van der Waals surface area contributed by atoms with Gasteiger partial charge in [0.15, 0.2) is 0 Å². The van der Waals surface area contributed by atoms with Crippen LogP contribution in [0.4, 0.5) is 5.69 Å². The van der Waals surface area contributed by atoms with Crippen LogP contribution in [-0.4, -0.2) is 24.5 Å². The van der Waals surface area contributed by atoms with Crippen molar-refractivity contribution < 1.29 is 14.3 Å². The van der Waals surface area contributed by atoms with Crippen LogP contribution >= 0.6 is 11.6 Å². The molecule has 0 aromatic heterocycles. The third-order valence-corrected chi connectivity index (χ3v) is 5.48. The Morgan fingerprint density at radius 1 is 0.935 bits per heavy atom. The van der Waals surface area contributed by atoms with Gasteiger partial charge in [-0.2, -0.15) is 0 Å². The lowest BCUT2D eigenvalue weighted by atomic mass is 9.98. The Bertz CT molecular complexity index is 1050. The molecule has 2 atom stereocenters. The maximum atomic E-state index is 13.1. The molecule has 0 unspecified atom stereocenters. The molecule has 31 heavy (non-hydrogen) atoms. The van der Waals surface area contributed by atoms with Crippen molar-refractivity contribution in [3.8, 4) is 0 Å². The number of hydrogen-bond donors (Lipinski definition) is 2. The zero-order valence-corrected chi connectivity index (χ0v) is 17.6. The SMILES string of the molecule is O=C(N[C@@H](c1ccccc1)c1ccc(Cl)cc1)c1cccc(NC(=O)[C@H]2CCCO2)c1. The lowest BCUT2D eigenvalue weighted by Gasteiger charge is -2.20. The average Bonchev–Trinajstić information content (AvgIpc) is 3.34. The fourth-order valence-electron chi connectivity index (χ4n) is 3.62. The first kappa shape index (κ1) is 21.1. The van der Waals surface area contributed by atoms with Crippen molar-refractivity contribution in [2.45, 2.75) is 25.0 Å². The van der Waals surface area contributed by atoms with E-state index in [4.69, 9.17) is 16.3 Å². The molecule has 1 aliphatic rings. The van der Waals surface area contributed by atoms with Gasteiger partial charge in [-0.3, -0.25) is 9.59 Å². The van der Waals surface area contributed by atoms with Crippen LogP contribution < -0.4 is 10.6 Å². The Balaban J connectivity index is 1.53. The van der Waals surface area contributed by atoms with Crippen molar-refractivity contribution in [1.29, 1.82) is 0 Å². The number of carbonyl (C=O) groups excluding carboxylic acids is 2. The van der Waals surface area contributed by atoms with Crippen LogP contribution in [0, 0.1) is 0 Å². The van der Waals surface area contributed by atoms with Gasteiger partial charge in [0.2, 0.25) is 0 Å². The Hall–Kier alpha value is -3.15. The van der Waals surface area contributed by atoms with E-state index >= 15 is 0 Å². The molecule has 2 amide bonds. The summed E-state index contributed by atoms with van der Waals surface area (Å²) in [4.78, 5) is 25.4. The zero-order chi connectivity index (χ0) is 21.6. The van der Waals surface area contributed by atoms with Crippen molar-refractivity contribution in [1.82, 2.24) is 5.32 Å². The molecule has 3 aromatic rings. The van der Waals surface area contributed by atoms with Crippen LogP contribution in [0.2, 0.25) is 5.02 Å². The Morgan fingerprint density at radius 3 is 2.39 bits per heavy atom. The van der Waals surface area contributed by atoms with Gasteiger partial charge in [-0.1, -0.05) is 60.1 Å².